The van der Waals surface area contributed by atoms with Gasteiger partial charge in [-0.1, -0.05) is 24.3 Å². The van der Waals surface area contributed by atoms with Gasteiger partial charge in [0.1, 0.15) is 0 Å². The van der Waals surface area contributed by atoms with Crippen LogP contribution in [0.4, 0.5) is 0 Å². The Morgan fingerprint density at radius 1 is 1.54 bits per heavy atom. The summed E-state index contributed by atoms with van der Waals surface area (Å²) in [6.45, 7) is 6.01. The van der Waals surface area contributed by atoms with Gasteiger partial charge in [0.25, 0.3) is 0 Å². The van der Waals surface area contributed by atoms with Gasteiger partial charge in [0, 0.05) is 17.5 Å². The molecule has 0 fully saturated rings. The third-order valence-electron chi connectivity index (χ3n) is 2.36. The van der Waals surface area contributed by atoms with Crippen LogP contribution < -0.4 is 0 Å². The van der Waals surface area contributed by atoms with Crippen LogP contribution >= 0.6 is 0 Å². The van der Waals surface area contributed by atoms with Crippen molar-refractivity contribution in [2.75, 3.05) is 0 Å². The summed E-state index contributed by atoms with van der Waals surface area (Å²) in [4.78, 5) is 4.37. The van der Waals surface area contributed by atoms with Crippen LogP contribution in [-0.4, -0.2) is 4.98 Å². The van der Waals surface area contributed by atoms with Crippen molar-refractivity contribution in [3.8, 4) is 0 Å². The second-order valence-corrected chi connectivity index (χ2v) is 3.44. The van der Waals surface area contributed by atoms with E-state index in [1.54, 1.807) is 0 Å². The van der Waals surface area contributed by atoms with E-state index in [0.29, 0.717) is 0 Å². The highest BCUT2D eigenvalue weighted by atomic mass is 14.7. The van der Waals surface area contributed by atoms with Crippen LogP contribution in [0.1, 0.15) is 30.2 Å². The van der Waals surface area contributed by atoms with Crippen molar-refractivity contribution < 1.29 is 0 Å². The molecule has 0 bridgehead atoms. The number of nitrogens with zero attached hydrogens (tertiary/aromatic N) is 1. The number of hydrogen-bond donors (Lipinski definition) is 0. The maximum Gasteiger partial charge on any atom is 0.0484 e. The summed E-state index contributed by atoms with van der Waals surface area (Å²) < 4.78 is 0. The van der Waals surface area contributed by atoms with E-state index >= 15 is 0 Å². The van der Waals surface area contributed by atoms with Crippen LogP contribution in [-0.2, 0) is 6.42 Å². The molecule has 0 atom stereocenters. The minimum absolute atomic E-state index is 1.06. The molecule has 1 heterocycles. The summed E-state index contributed by atoms with van der Waals surface area (Å²) in [5, 5.41) is 0. The second-order valence-electron chi connectivity index (χ2n) is 3.44. The predicted molar refractivity (Wildman–Crippen MR) is 56.3 cm³/mol. The molecule has 0 aromatic carbocycles. The fourth-order valence-corrected chi connectivity index (χ4v) is 1.70. The fraction of sp³-hybridized carbons (Fsp3) is 0.250. The first-order valence-electron chi connectivity index (χ1n) is 4.59. The molecular weight excluding hydrogens is 158 g/mol. The molecule has 1 aromatic heterocycles. The Morgan fingerprint density at radius 2 is 2.38 bits per heavy atom. The Morgan fingerprint density at radius 3 is 3.15 bits per heavy atom. The lowest BCUT2D eigenvalue weighted by Crippen LogP contribution is -2.00. The van der Waals surface area contributed by atoms with Crippen molar-refractivity contribution >= 4 is 11.6 Å². The molecule has 1 nitrogen and oxygen atoms in total. The quantitative estimate of drug-likeness (QED) is 0.632. The molecule has 0 aliphatic heterocycles. The van der Waals surface area contributed by atoms with Crippen LogP contribution in [0.5, 0.6) is 0 Å². The van der Waals surface area contributed by atoms with E-state index in [9.17, 15) is 0 Å². The molecular formula is C12H13N. The number of rotatable bonds is 1. The average Bonchev–Trinajstić information content (AvgIpc) is 2.17. The van der Waals surface area contributed by atoms with Gasteiger partial charge in [0.15, 0.2) is 0 Å². The molecule has 0 saturated heterocycles. The van der Waals surface area contributed by atoms with Crippen molar-refractivity contribution in [1.82, 2.24) is 4.98 Å². The maximum atomic E-state index is 4.37. The van der Waals surface area contributed by atoms with Gasteiger partial charge in [-0.2, -0.15) is 0 Å². The topological polar surface area (TPSA) is 12.9 Å². The Bertz CT molecular complexity index is 375. The standard InChI is InChI=1S/C12H13N/c1-9(2)10-7-8-13-12-6-4-3-5-11(10)12/h3,5,7-8H,1,4,6H2,2H3. The van der Waals surface area contributed by atoms with Crippen molar-refractivity contribution in [2.24, 2.45) is 0 Å². The van der Waals surface area contributed by atoms with Gasteiger partial charge in [-0.15, -0.1) is 0 Å². The SMILES string of the molecule is C=C(C)c1ccnc2c1C=CCC2. The summed E-state index contributed by atoms with van der Waals surface area (Å²) >= 11 is 0. The Balaban J connectivity index is 2.60. The highest BCUT2D eigenvalue weighted by molar-refractivity contribution is 5.73. The van der Waals surface area contributed by atoms with Crippen molar-refractivity contribution in [3.05, 3.63) is 41.7 Å². The summed E-state index contributed by atoms with van der Waals surface area (Å²) in [5.41, 5.74) is 4.83. The number of aromatic nitrogens is 1. The smallest absolute Gasteiger partial charge is 0.0484 e. The summed E-state index contributed by atoms with van der Waals surface area (Å²) in [5.74, 6) is 0. The molecule has 0 radical (unpaired) electrons. The van der Waals surface area contributed by atoms with Gasteiger partial charge in [-0.25, -0.2) is 0 Å². The molecule has 0 saturated carbocycles. The molecule has 1 aliphatic rings. The van der Waals surface area contributed by atoms with Gasteiger partial charge in [-0.3, -0.25) is 4.98 Å². The molecule has 0 spiro atoms. The van der Waals surface area contributed by atoms with E-state index < -0.39 is 0 Å². The first kappa shape index (κ1) is 8.24. The lowest BCUT2D eigenvalue weighted by Gasteiger charge is -2.13. The predicted octanol–water partition coefficient (Wildman–Crippen LogP) is 3.07. The molecule has 0 amide bonds. The second kappa shape index (κ2) is 3.17. The summed E-state index contributed by atoms with van der Waals surface area (Å²) in [6, 6.07) is 2.04. The zero-order valence-electron chi connectivity index (χ0n) is 7.88. The molecule has 2 rings (SSSR count). The van der Waals surface area contributed by atoms with Gasteiger partial charge >= 0.3 is 0 Å². The highest BCUT2D eigenvalue weighted by Crippen LogP contribution is 2.24. The van der Waals surface area contributed by atoms with Crippen LogP contribution in [0.3, 0.4) is 0 Å². The molecule has 1 aliphatic carbocycles. The monoisotopic (exact) mass is 171 g/mol. The zero-order chi connectivity index (χ0) is 9.26. The van der Waals surface area contributed by atoms with Crippen molar-refractivity contribution in [3.63, 3.8) is 0 Å². The van der Waals surface area contributed by atoms with Gasteiger partial charge < -0.3 is 0 Å². The van der Waals surface area contributed by atoms with E-state index in [0.717, 1.165) is 18.4 Å². The number of pyridine rings is 1. The number of aryl methyl sites for hydroxylation is 1. The minimum Gasteiger partial charge on any atom is -0.261 e. The normalized spacial score (nSPS) is 13.9. The largest absolute Gasteiger partial charge is 0.261 e. The van der Waals surface area contributed by atoms with Gasteiger partial charge in [0.05, 0.1) is 0 Å². The van der Waals surface area contributed by atoms with Crippen molar-refractivity contribution in [1.29, 1.82) is 0 Å². The molecule has 66 valence electrons. The van der Waals surface area contributed by atoms with Crippen LogP contribution in [0.2, 0.25) is 0 Å². The molecule has 1 aromatic rings. The van der Waals surface area contributed by atoms with Gasteiger partial charge in [-0.05, 0) is 31.4 Å². The van der Waals surface area contributed by atoms with E-state index in [2.05, 4.69) is 23.7 Å². The lowest BCUT2D eigenvalue weighted by atomic mass is 9.95. The van der Waals surface area contributed by atoms with Gasteiger partial charge in [0.2, 0.25) is 0 Å². The Labute approximate surface area is 78.8 Å². The van der Waals surface area contributed by atoms with E-state index in [-0.39, 0.29) is 0 Å². The zero-order valence-corrected chi connectivity index (χ0v) is 7.88. The summed E-state index contributed by atoms with van der Waals surface area (Å²) in [6.07, 6.45) is 8.42. The van der Waals surface area contributed by atoms with Crippen LogP contribution in [0, 0.1) is 0 Å². The van der Waals surface area contributed by atoms with E-state index in [1.807, 2.05) is 19.2 Å². The first-order valence-corrected chi connectivity index (χ1v) is 4.59. The third kappa shape index (κ3) is 1.42. The molecule has 0 unspecified atom stereocenters. The maximum absolute atomic E-state index is 4.37. The molecule has 13 heavy (non-hydrogen) atoms. The van der Waals surface area contributed by atoms with Crippen molar-refractivity contribution in [2.45, 2.75) is 19.8 Å². The first-order chi connectivity index (χ1) is 6.29. The number of allylic oxidation sites excluding steroid dienone is 2. The van der Waals surface area contributed by atoms with E-state index in [1.165, 1.54) is 16.8 Å². The number of hydrogen-bond acceptors (Lipinski definition) is 1. The lowest BCUT2D eigenvalue weighted by molar-refractivity contribution is 0.925. The van der Waals surface area contributed by atoms with Crippen LogP contribution in [0.15, 0.2) is 24.9 Å². The molecule has 0 N–H and O–H groups in total. The highest BCUT2D eigenvalue weighted by Gasteiger charge is 2.09. The fourth-order valence-electron chi connectivity index (χ4n) is 1.70. The molecule has 1 heteroatoms. The van der Waals surface area contributed by atoms with Crippen LogP contribution in [0.25, 0.3) is 11.6 Å². The average molecular weight is 171 g/mol. The third-order valence-corrected chi connectivity index (χ3v) is 2.36. The minimum atomic E-state index is 1.06. The summed E-state index contributed by atoms with van der Waals surface area (Å²) in [7, 11) is 0. The number of fused-ring (bicyclic) bond motifs is 1. The Hall–Kier alpha value is -1.37. The van der Waals surface area contributed by atoms with E-state index in [4.69, 9.17) is 0 Å². The Kier molecular flexibility index (Phi) is 2.01.